The van der Waals surface area contributed by atoms with Crippen LogP contribution < -0.4 is 5.73 Å². The highest BCUT2D eigenvalue weighted by Crippen LogP contribution is 2.84. The van der Waals surface area contributed by atoms with Crippen molar-refractivity contribution in [2.45, 2.75) is 248 Å². The summed E-state index contributed by atoms with van der Waals surface area (Å²) in [6.45, 7) is 41.1. The lowest BCUT2D eigenvalue weighted by molar-refractivity contribution is -0.160. The molecule has 28 atom stereocenters. The summed E-state index contributed by atoms with van der Waals surface area (Å²) in [6.07, 6.45) is 43.4. The molecule has 0 heterocycles. The van der Waals surface area contributed by atoms with Crippen LogP contribution in [0.3, 0.4) is 0 Å². The summed E-state index contributed by atoms with van der Waals surface area (Å²) in [7, 11) is 0. The van der Waals surface area contributed by atoms with Gasteiger partial charge in [0.1, 0.15) is 6.10 Å². The average Bonchev–Trinajstić information content (AvgIpc) is 4.07. The number of rotatable bonds is 9. The Balaban J connectivity index is 1.04. The molecule has 0 aromatic heterocycles. The van der Waals surface area contributed by atoms with E-state index in [2.05, 4.69) is 80.5 Å². The molecule has 12 saturated carbocycles. The topological polar surface area (TPSA) is 52.3 Å². The Kier molecular flexibility index (Phi) is 13.2. The molecule has 0 aromatic rings. The van der Waals surface area contributed by atoms with Gasteiger partial charge in [-0.25, -0.2) is 0 Å². The van der Waals surface area contributed by atoms with Crippen molar-refractivity contribution >= 4 is 5.97 Å². The standard InChI is InChI=1S/C71H113NO2/c1-14-43(4)61-58(40-57-51-26-23-47-21-17-19-33-64(47,8)54(51)30-36-67(57,61)11)70(41-59-52-27-24-48-22-18-20-34-65(48,9)55(52)31-37-68(59,12)62(70)44(5)15-2)71(72)42-60-53-28-25-49-39-50(74-46(7)73)29-35-66(49,10)56(53)32-38-69(60,13)63(71)45(6)16-3/h14-16,43-45,47-63H,1-3,17-42,72H2,4-13H3/t43-,44-,45-,47?,48?,49?,50?,51-,52-,53-,54+,55+,56+,57+,58?,59+,60+,61+,62-,63-,64+,65+,66+,67+,68+,69+,70?,71?/m1/s1. The lowest BCUT2D eigenvalue weighted by Gasteiger charge is -2.63. The average molecular weight is 1010 g/mol. The number of hydrogen-bond donors (Lipinski definition) is 1. The Labute approximate surface area is 455 Å². The molecule has 3 nitrogen and oxygen atoms in total. The number of hydrogen-bond acceptors (Lipinski definition) is 3. The Hall–Kier alpha value is -1.35. The van der Waals surface area contributed by atoms with Crippen molar-refractivity contribution in [3.8, 4) is 0 Å². The molecule has 0 bridgehead atoms. The largest absolute Gasteiger partial charge is 0.463 e. The molecule has 0 spiro atoms. The van der Waals surface area contributed by atoms with E-state index in [1.807, 2.05) is 0 Å². The molecule has 2 N–H and O–H groups in total. The highest BCUT2D eigenvalue weighted by molar-refractivity contribution is 5.66. The lowest BCUT2D eigenvalue weighted by atomic mass is 9.42. The molecule has 0 aliphatic heterocycles. The summed E-state index contributed by atoms with van der Waals surface area (Å²) < 4.78 is 6.01. The Morgan fingerprint density at radius 2 is 0.932 bits per heavy atom. The van der Waals surface area contributed by atoms with Gasteiger partial charge in [-0.3, -0.25) is 4.79 Å². The zero-order chi connectivity index (χ0) is 52.3. The number of nitrogens with two attached hydrogens (primary N) is 1. The number of fused-ring (bicyclic) bond motifs is 15. The molecule has 0 amide bonds. The molecule has 0 aromatic carbocycles. The van der Waals surface area contributed by atoms with Crippen molar-refractivity contribution in [1.29, 1.82) is 0 Å². The third kappa shape index (κ3) is 7.04. The van der Waals surface area contributed by atoms with E-state index in [1.165, 1.54) is 154 Å². The monoisotopic (exact) mass is 1010 g/mol. The third-order valence-electron chi connectivity index (χ3n) is 31.0. The second-order valence-corrected chi connectivity index (χ2v) is 32.7. The molecule has 3 heteroatoms. The van der Waals surface area contributed by atoms with Crippen molar-refractivity contribution in [3.05, 3.63) is 38.0 Å². The van der Waals surface area contributed by atoms with Gasteiger partial charge < -0.3 is 10.5 Å². The van der Waals surface area contributed by atoms with Gasteiger partial charge in [0.2, 0.25) is 0 Å². The van der Waals surface area contributed by atoms with Crippen LogP contribution in [0.15, 0.2) is 38.0 Å². The maximum Gasteiger partial charge on any atom is 0.302 e. The van der Waals surface area contributed by atoms with Crippen LogP contribution in [-0.2, 0) is 9.53 Å². The van der Waals surface area contributed by atoms with Crippen LogP contribution in [0.4, 0.5) is 0 Å². The summed E-state index contributed by atoms with van der Waals surface area (Å²) in [6, 6.07) is 0. The maximum atomic E-state index is 12.3. The molecule has 12 aliphatic carbocycles. The van der Waals surface area contributed by atoms with Crippen LogP contribution >= 0.6 is 0 Å². The molecule has 0 saturated heterocycles. The zero-order valence-corrected chi connectivity index (χ0v) is 49.7. The molecule has 74 heavy (non-hydrogen) atoms. The summed E-state index contributed by atoms with van der Waals surface area (Å²) in [5.74, 6) is 12.7. The molecular weight excluding hydrogens is 899 g/mol. The normalized spacial score (nSPS) is 57.4. The van der Waals surface area contributed by atoms with Crippen LogP contribution in [0, 0.1) is 150 Å². The predicted molar refractivity (Wildman–Crippen MR) is 308 cm³/mol. The minimum atomic E-state index is -0.330. The van der Waals surface area contributed by atoms with Crippen LogP contribution in [0.5, 0.6) is 0 Å². The number of allylic oxidation sites excluding steroid dienone is 3. The summed E-state index contributed by atoms with van der Waals surface area (Å²) in [5.41, 5.74) is 11.3. The van der Waals surface area contributed by atoms with Gasteiger partial charge in [-0.1, -0.05) is 106 Å². The number of esters is 1. The van der Waals surface area contributed by atoms with E-state index in [9.17, 15) is 10.5 Å². The van der Waals surface area contributed by atoms with E-state index < -0.39 is 0 Å². The molecule has 7 unspecified atom stereocenters. The number of ether oxygens (including phenoxy) is 1. The highest BCUT2D eigenvalue weighted by atomic mass is 16.5. The molecule has 414 valence electrons. The third-order valence-corrected chi connectivity index (χ3v) is 31.0. The molecule has 12 rings (SSSR count). The minimum absolute atomic E-state index is 0.0239. The van der Waals surface area contributed by atoms with Crippen LogP contribution in [-0.4, -0.2) is 17.6 Å². The van der Waals surface area contributed by atoms with E-state index >= 15 is 0 Å². The minimum Gasteiger partial charge on any atom is -0.463 e. The first kappa shape index (κ1) is 53.3. The van der Waals surface area contributed by atoms with Gasteiger partial charge in [-0.15, -0.1) is 19.7 Å². The van der Waals surface area contributed by atoms with Gasteiger partial charge in [-0.05, 0) is 292 Å². The summed E-state index contributed by atoms with van der Waals surface area (Å²) in [5, 5.41) is 0. The fourth-order valence-electron chi connectivity index (χ4n) is 28.4. The van der Waals surface area contributed by atoms with Crippen LogP contribution in [0.2, 0.25) is 0 Å². The predicted octanol–water partition coefficient (Wildman–Crippen LogP) is 18.3. The Bertz CT molecular complexity index is 2180. The van der Waals surface area contributed by atoms with Crippen molar-refractivity contribution in [3.63, 3.8) is 0 Å². The van der Waals surface area contributed by atoms with Gasteiger partial charge >= 0.3 is 5.97 Å². The first-order valence-electron chi connectivity index (χ1n) is 33.0. The van der Waals surface area contributed by atoms with Crippen molar-refractivity contribution < 1.29 is 9.53 Å². The Morgan fingerprint density at radius 3 is 1.47 bits per heavy atom. The summed E-state index contributed by atoms with van der Waals surface area (Å²) >= 11 is 0. The quantitative estimate of drug-likeness (QED) is 0.185. The molecule has 0 radical (unpaired) electrons. The van der Waals surface area contributed by atoms with Gasteiger partial charge in [-0.2, -0.15) is 0 Å². The van der Waals surface area contributed by atoms with Gasteiger partial charge in [0.25, 0.3) is 0 Å². The molecular formula is C71H113NO2. The van der Waals surface area contributed by atoms with Crippen molar-refractivity contribution in [2.75, 3.05) is 0 Å². The number of carbonyl (C=O) groups is 1. The SMILES string of the molecule is C=C[C@@H](C)[C@H]1C(C2(C3(N)C[C@H]4[C@@H]5CCC6CC(OC(C)=O)CC[C@]6(C)[C@H]5CC[C@]4(C)[C@H]3[C@H](C)C=C)C[C@H]3[C@@H]4CCC5CCCC[C@]5(C)[C@H]4CC[C@]3(C)[C@H]2[C@H](C)C=C)C[C@H]2[C@@H]3CCC4CCCC[C@]4(C)[C@H]3CC[C@]12C. The molecule has 12 fully saturated rings. The van der Waals surface area contributed by atoms with Crippen LogP contribution in [0.25, 0.3) is 0 Å². The van der Waals surface area contributed by atoms with E-state index in [4.69, 9.17) is 24.5 Å². The van der Waals surface area contributed by atoms with E-state index in [0.717, 1.165) is 66.1 Å². The number of carbonyl (C=O) groups excluding carboxylic acids is 1. The lowest BCUT2D eigenvalue weighted by Crippen LogP contribution is -2.67. The molecule has 12 aliphatic rings. The van der Waals surface area contributed by atoms with Crippen LogP contribution in [0.1, 0.15) is 236 Å². The van der Waals surface area contributed by atoms with E-state index in [0.29, 0.717) is 80.8 Å². The maximum absolute atomic E-state index is 12.3. The van der Waals surface area contributed by atoms with Gasteiger partial charge in [0, 0.05) is 12.5 Å². The first-order valence-corrected chi connectivity index (χ1v) is 33.0. The van der Waals surface area contributed by atoms with Gasteiger partial charge in [0.15, 0.2) is 0 Å². The fraction of sp³-hybridized carbons (Fsp3) is 0.901. The van der Waals surface area contributed by atoms with Crippen molar-refractivity contribution in [1.82, 2.24) is 0 Å². The summed E-state index contributed by atoms with van der Waals surface area (Å²) in [4.78, 5) is 12.3. The second-order valence-electron chi connectivity index (χ2n) is 32.7. The first-order chi connectivity index (χ1) is 35.1. The second kappa shape index (κ2) is 18.3. The van der Waals surface area contributed by atoms with Gasteiger partial charge in [0.05, 0.1) is 0 Å². The Morgan fingerprint density at radius 1 is 0.473 bits per heavy atom. The smallest absolute Gasteiger partial charge is 0.302 e. The highest BCUT2D eigenvalue weighted by Gasteiger charge is 2.81. The fourth-order valence-corrected chi connectivity index (χ4v) is 28.4. The zero-order valence-electron chi connectivity index (χ0n) is 49.7. The van der Waals surface area contributed by atoms with Crippen molar-refractivity contribution in [2.24, 2.45) is 156 Å². The van der Waals surface area contributed by atoms with E-state index in [-0.39, 0.29) is 33.9 Å². The van der Waals surface area contributed by atoms with E-state index in [1.54, 1.807) is 6.92 Å².